The molecule has 0 spiro atoms. The molecule has 28 heavy (non-hydrogen) atoms. The van der Waals surface area contributed by atoms with Crippen LogP contribution in [0.4, 0.5) is 0 Å². The minimum Gasteiger partial charge on any atom is -0.467 e. The molecule has 160 valence electrons. The van der Waals surface area contributed by atoms with Crippen LogP contribution >= 0.6 is 24.0 Å². The van der Waals surface area contributed by atoms with Crippen molar-refractivity contribution in [2.45, 2.75) is 58.6 Å². The number of likely N-dealkylation sites (tertiary alicyclic amines) is 1. The first-order valence-electron chi connectivity index (χ1n) is 10.1. The van der Waals surface area contributed by atoms with Gasteiger partial charge in [-0.2, -0.15) is 0 Å². The predicted molar refractivity (Wildman–Crippen MR) is 122 cm³/mol. The summed E-state index contributed by atoms with van der Waals surface area (Å²) < 4.78 is 5.21. The normalized spacial score (nSPS) is 16.6. The Bertz CT molecular complexity index is 582. The van der Waals surface area contributed by atoms with Crippen molar-refractivity contribution in [2.24, 2.45) is 10.9 Å². The van der Waals surface area contributed by atoms with Gasteiger partial charge >= 0.3 is 0 Å². The van der Waals surface area contributed by atoms with E-state index in [9.17, 15) is 9.90 Å². The fraction of sp³-hybridized carbons (Fsp3) is 0.700. The van der Waals surface area contributed by atoms with Gasteiger partial charge in [0.2, 0.25) is 5.91 Å². The molecule has 2 heterocycles. The zero-order chi connectivity index (χ0) is 19.6. The van der Waals surface area contributed by atoms with Crippen LogP contribution in [0.25, 0.3) is 0 Å². The molecule has 0 bridgehead atoms. The number of aliphatic imine (C=N–C) groups is 1. The number of rotatable bonds is 8. The smallest absolute Gasteiger partial charge is 0.225 e. The molecule has 7 nitrogen and oxygen atoms in total. The van der Waals surface area contributed by atoms with Crippen LogP contribution in [0.1, 0.15) is 58.3 Å². The van der Waals surface area contributed by atoms with Crippen molar-refractivity contribution in [3.63, 3.8) is 0 Å². The minimum atomic E-state index is -0.755. The van der Waals surface area contributed by atoms with Gasteiger partial charge in [0.15, 0.2) is 5.96 Å². The lowest BCUT2D eigenvalue weighted by Gasteiger charge is -2.35. The average Bonchev–Trinajstić information content (AvgIpc) is 3.22. The lowest BCUT2D eigenvalue weighted by molar-refractivity contribution is -0.136. The highest BCUT2D eigenvalue weighted by atomic mass is 127. The van der Waals surface area contributed by atoms with E-state index < -0.39 is 6.10 Å². The second-order valence-electron chi connectivity index (χ2n) is 7.01. The molecule has 8 heteroatoms. The molecule has 2 rings (SSSR count). The maximum Gasteiger partial charge on any atom is 0.225 e. The number of amides is 1. The minimum absolute atomic E-state index is 0. The van der Waals surface area contributed by atoms with Crippen LogP contribution < -0.4 is 10.6 Å². The number of hydrogen-bond donors (Lipinski definition) is 3. The van der Waals surface area contributed by atoms with Crippen molar-refractivity contribution in [1.82, 2.24) is 15.5 Å². The van der Waals surface area contributed by atoms with Crippen LogP contribution in [0.3, 0.4) is 0 Å². The summed E-state index contributed by atoms with van der Waals surface area (Å²) >= 11 is 0. The Morgan fingerprint density at radius 1 is 1.32 bits per heavy atom. The number of hydrogen-bond acceptors (Lipinski definition) is 4. The highest BCUT2D eigenvalue weighted by Gasteiger charge is 2.26. The fourth-order valence-electron chi connectivity index (χ4n) is 3.40. The lowest BCUT2D eigenvalue weighted by Crippen LogP contribution is -2.50. The van der Waals surface area contributed by atoms with Gasteiger partial charge in [-0.25, -0.2) is 0 Å². The number of aliphatic hydroxyl groups excluding tert-OH is 1. The molecule has 1 unspecified atom stereocenters. The number of carbonyl (C=O) groups excluding carboxylic acids is 1. The number of piperidine rings is 1. The Balaban J connectivity index is 0.00000392. The fourth-order valence-corrected chi connectivity index (χ4v) is 3.40. The highest BCUT2D eigenvalue weighted by Crippen LogP contribution is 2.17. The molecule has 0 saturated carbocycles. The standard InChI is InChI=1S/C20H34N4O3.HI/c1-4-15(5-2)19(26)24-11-9-16(10-12-24)23-20(21-6-3)22-14-17(25)18-8-7-13-27-18;/h7-8,13,15-17,25H,4-6,9-12,14H2,1-3H3,(H2,21,22,23);1H. The Morgan fingerprint density at radius 3 is 2.54 bits per heavy atom. The SMILES string of the molecule is CCNC(=NCC(O)c1ccco1)NC1CCN(C(=O)C(CC)CC)CC1.I. The summed E-state index contributed by atoms with van der Waals surface area (Å²) in [4.78, 5) is 19.0. The van der Waals surface area contributed by atoms with Gasteiger partial charge in [-0.1, -0.05) is 13.8 Å². The molecule has 3 N–H and O–H groups in total. The van der Waals surface area contributed by atoms with E-state index in [0.29, 0.717) is 17.6 Å². The summed E-state index contributed by atoms with van der Waals surface area (Å²) in [5.41, 5.74) is 0. The van der Waals surface area contributed by atoms with Crippen LogP contribution in [0.5, 0.6) is 0 Å². The van der Waals surface area contributed by atoms with Crippen molar-refractivity contribution in [3.05, 3.63) is 24.2 Å². The number of guanidine groups is 1. The Kier molecular flexibility index (Phi) is 11.5. The molecule has 1 aromatic heterocycles. The molecule has 1 saturated heterocycles. The quantitative estimate of drug-likeness (QED) is 0.287. The third-order valence-electron chi connectivity index (χ3n) is 5.12. The van der Waals surface area contributed by atoms with E-state index >= 15 is 0 Å². The van der Waals surface area contributed by atoms with Crippen LogP contribution in [-0.4, -0.2) is 54.1 Å². The van der Waals surface area contributed by atoms with Gasteiger partial charge in [0.05, 0.1) is 12.8 Å². The van der Waals surface area contributed by atoms with Crippen molar-refractivity contribution in [1.29, 1.82) is 0 Å². The number of aliphatic hydroxyl groups is 1. The van der Waals surface area contributed by atoms with Crippen molar-refractivity contribution < 1.29 is 14.3 Å². The number of nitrogens with one attached hydrogen (secondary N) is 2. The van der Waals surface area contributed by atoms with Gasteiger partial charge in [0.25, 0.3) is 0 Å². The Labute approximate surface area is 185 Å². The monoisotopic (exact) mass is 506 g/mol. The maximum absolute atomic E-state index is 12.5. The summed E-state index contributed by atoms with van der Waals surface area (Å²) in [5.74, 6) is 1.65. The average molecular weight is 506 g/mol. The summed E-state index contributed by atoms with van der Waals surface area (Å²) in [5, 5.41) is 16.8. The van der Waals surface area contributed by atoms with Gasteiger partial charge < -0.3 is 25.1 Å². The third kappa shape index (κ3) is 7.27. The van der Waals surface area contributed by atoms with E-state index in [1.54, 1.807) is 18.4 Å². The first kappa shape index (κ1) is 24.7. The Morgan fingerprint density at radius 2 is 2.00 bits per heavy atom. The summed E-state index contributed by atoms with van der Waals surface area (Å²) in [7, 11) is 0. The second-order valence-corrected chi connectivity index (χ2v) is 7.01. The maximum atomic E-state index is 12.5. The zero-order valence-electron chi connectivity index (χ0n) is 17.2. The highest BCUT2D eigenvalue weighted by molar-refractivity contribution is 14.0. The van der Waals surface area contributed by atoms with Crippen LogP contribution in [0.15, 0.2) is 27.8 Å². The first-order chi connectivity index (χ1) is 13.1. The predicted octanol–water partition coefficient (Wildman–Crippen LogP) is 2.91. The molecule has 1 fully saturated rings. The van der Waals surface area contributed by atoms with Crippen molar-refractivity contribution in [3.8, 4) is 0 Å². The van der Waals surface area contributed by atoms with Gasteiger partial charge in [-0.05, 0) is 44.7 Å². The van der Waals surface area contributed by atoms with E-state index in [2.05, 4.69) is 29.5 Å². The topological polar surface area (TPSA) is 90.1 Å². The van der Waals surface area contributed by atoms with Crippen molar-refractivity contribution >= 4 is 35.8 Å². The number of halogens is 1. The van der Waals surface area contributed by atoms with Gasteiger partial charge in [-0.3, -0.25) is 9.79 Å². The second kappa shape index (κ2) is 13.0. The van der Waals surface area contributed by atoms with Gasteiger partial charge in [-0.15, -0.1) is 24.0 Å². The molecular formula is C20H35IN4O3. The van der Waals surface area contributed by atoms with Crippen molar-refractivity contribution in [2.75, 3.05) is 26.2 Å². The van der Waals surface area contributed by atoms with E-state index in [1.165, 1.54) is 0 Å². The van der Waals surface area contributed by atoms with Gasteiger partial charge in [0.1, 0.15) is 11.9 Å². The number of nitrogens with zero attached hydrogens (tertiary/aromatic N) is 2. The molecule has 1 amide bonds. The van der Waals surface area contributed by atoms with Crippen LogP contribution in [0.2, 0.25) is 0 Å². The third-order valence-corrected chi connectivity index (χ3v) is 5.12. The largest absolute Gasteiger partial charge is 0.467 e. The van der Waals surface area contributed by atoms with E-state index in [-0.39, 0.29) is 42.5 Å². The van der Waals surface area contributed by atoms with E-state index in [1.807, 2.05) is 11.8 Å². The summed E-state index contributed by atoms with van der Waals surface area (Å²) in [6.07, 6.45) is 4.40. The zero-order valence-corrected chi connectivity index (χ0v) is 19.5. The molecular weight excluding hydrogens is 471 g/mol. The van der Waals surface area contributed by atoms with E-state index in [0.717, 1.165) is 45.3 Å². The number of furan rings is 1. The molecule has 0 aromatic carbocycles. The molecule has 1 aliphatic rings. The summed E-state index contributed by atoms with van der Waals surface area (Å²) in [6.45, 7) is 8.71. The van der Waals surface area contributed by atoms with Crippen LogP contribution in [-0.2, 0) is 4.79 Å². The van der Waals surface area contributed by atoms with Crippen LogP contribution in [0, 0.1) is 5.92 Å². The van der Waals surface area contributed by atoms with E-state index in [4.69, 9.17) is 4.42 Å². The molecule has 0 radical (unpaired) electrons. The van der Waals surface area contributed by atoms with Gasteiger partial charge in [0, 0.05) is 31.6 Å². The molecule has 1 atom stereocenters. The molecule has 1 aliphatic heterocycles. The lowest BCUT2D eigenvalue weighted by atomic mass is 9.98. The number of carbonyl (C=O) groups is 1. The Hall–Kier alpha value is -1.29. The summed E-state index contributed by atoms with van der Waals surface area (Å²) in [6, 6.07) is 3.77. The molecule has 1 aromatic rings. The first-order valence-corrected chi connectivity index (χ1v) is 10.1. The molecule has 0 aliphatic carbocycles.